The van der Waals surface area contributed by atoms with E-state index in [9.17, 15) is 9.18 Å². The van der Waals surface area contributed by atoms with Crippen LogP contribution >= 0.6 is 0 Å². The van der Waals surface area contributed by atoms with Crippen molar-refractivity contribution in [2.75, 3.05) is 25.5 Å². The molecule has 1 heterocycles. The molecule has 10 nitrogen and oxygen atoms in total. The average molecular weight is 394 g/mol. The summed E-state index contributed by atoms with van der Waals surface area (Å²) in [5.41, 5.74) is 4.50. The number of amidine groups is 1. The van der Waals surface area contributed by atoms with Crippen molar-refractivity contribution in [3.05, 3.63) is 40.8 Å². The summed E-state index contributed by atoms with van der Waals surface area (Å²) in [6, 6.07) is 4.39. The Labute approximate surface area is 160 Å². The third kappa shape index (κ3) is 5.47. The van der Waals surface area contributed by atoms with Crippen molar-refractivity contribution in [1.29, 1.82) is 0 Å². The molecule has 5 N–H and O–H groups in total. The summed E-state index contributed by atoms with van der Waals surface area (Å²) in [7, 11) is 1.44. The molecule has 152 valence electrons. The van der Waals surface area contributed by atoms with E-state index in [1.165, 1.54) is 24.2 Å². The number of aliphatic hydroxyl groups excluding tert-OH is 1. The SMILES string of the molecule is CN=C(NO)c1nonc1NC(C)C(=O)NCCO.Fc1ccc2c(c1)CC2. The summed E-state index contributed by atoms with van der Waals surface area (Å²) in [5, 5.41) is 29.9. The van der Waals surface area contributed by atoms with Crippen LogP contribution in [0.5, 0.6) is 0 Å². The number of benzene rings is 1. The number of aryl methyl sites for hydroxylation is 2. The van der Waals surface area contributed by atoms with Crippen LogP contribution in [0.3, 0.4) is 0 Å². The summed E-state index contributed by atoms with van der Waals surface area (Å²) in [6.45, 7) is 1.62. The van der Waals surface area contributed by atoms with Crippen molar-refractivity contribution in [2.24, 2.45) is 4.99 Å². The van der Waals surface area contributed by atoms with Crippen molar-refractivity contribution in [3.8, 4) is 0 Å². The van der Waals surface area contributed by atoms with Crippen molar-refractivity contribution >= 4 is 17.6 Å². The van der Waals surface area contributed by atoms with Crippen LogP contribution in [0.15, 0.2) is 27.8 Å². The minimum absolute atomic E-state index is 0.0479. The number of halogens is 1. The Morgan fingerprint density at radius 2 is 2.11 bits per heavy atom. The van der Waals surface area contributed by atoms with Crippen LogP contribution in [0, 0.1) is 5.82 Å². The quantitative estimate of drug-likeness (QED) is 0.266. The Kier molecular flexibility index (Phi) is 7.84. The molecule has 1 aliphatic carbocycles. The van der Waals surface area contributed by atoms with Gasteiger partial charge in [-0.3, -0.25) is 20.5 Å². The second-order valence-electron chi connectivity index (χ2n) is 5.94. The molecule has 0 fully saturated rings. The Hall–Kier alpha value is -3.05. The van der Waals surface area contributed by atoms with Crippen LogP contribution in [0.25, 0.3) is 0 Å². The highest BCUT2D eigenvalue weighted by Crippen LogP contribution is 2.22. The Bertz CT molecular complexity index is 826. The zero-order chi connectivity index (χ0) is 20.5. The predicted molar refractivity (Wildman–Crippen MR) is 98.7 cm³/mol. The minimum Gasteiger partial charge on any atom is -0.395 e. The highest BCUT2D eigenvalue weighted by atomic mass is 19.1. The van der Waals surface area contributed by atoms with Gasteiger partial charge in [0.25, 0.3) is 0 Å². The lowest BCUT2D eigenvalue weighted by molar-refractivity contribution is -0.121. The van der Waals surface area contributed by atoms with E-state index >= 15 is 0 Å². The van der Waals surface area contributed by atoms with Crippen molar-refractivity contribution in [1.82, 2.24) is 21.1 Å². The van der Waals surface area contributed by atoms with Crippen LogP contribution in [-0.2, 0) is 17.6 Å². The number of carbonyl (C=O) groups excluding carboxylic acids is 1. The molecule has 1 aromatic heterocycles. The lowest BCUT2D eigenvalue weighted by Gasteiger charge is -2.17. The zero-order valence-electron chi connectivity index (χ0n) is 15.6. The van der Waals surface area contributed by atoms with Crippen molar-refractivity contribution < 1.29 is 24.1 Å². The molecule has 0 saturated carbocycles. The first-order valence-electron chi connectivity index (χ1n) is 8.62. The summed E-state index contributed by atoms with van der Waals surface area (Å²) >= 11 is 0. The van der Waals surface area contributed by atoms with Crippen LogP contribution in [0.1, 0.15) is 23.7 Å². The zero-order valence-corrected chi connectivity index (χ0v) is 15.6. The van der Waals surface area contributed by atoms with Crippen molar-refractivity contribution in [2.45, 2.75) is 25.8 Å². The second kappa shape index (κ2) is 10.3. The number of anilines is 1. The number of aromatic nitrogens is 2. The molecule has 11 heteroatoms. The van der Waals surface area contributed by atoms with E-state index < -0.39 is 6.04 Å². The molecule has 1 aliphatic rings. The predicted octanol–water partition coefficient (Wildman–Crippen LogP) is 0.258. The first-order valence-corrected chi connectivity index (χ1v) is 8.62. The van der Waals surface area contributed by atoms with E-state index in [2.05, 4.69) is 30.6 Å². The summed E-state index contributed by atoms with van der Waals surface area (Å²) in [6.07, 6.45) is 2.20. The normalized spacial score (nSPS) is 13.4. The number of rotatable bonds is 6. The van der Waals surface area contributed by atoms with Gasteiger partial charge in [-0.15, -0.1) is 0 Å². The van der Waals surface area contributed by atoms with Gasteiger partial charge in [-0.1, -0.05) is 6.07 Å². The van der Waals surface area contributed by atoms with Gasteiger partial charge in [0.1, 0.15) is 11.9 Å². The molecule has 0 aliphatic heterocycles. The number of aliphatic hydroxyl groups is 1. The van der Waals surface area contributed by atoms with E-state index in [0.29, 0.717) is 0 Å². The standard InChI is InChI=1S/C9H16N6O4.C8H7F/c1-5(9(17)11-3-4-16)12-8-6(14-19-15-8)7(10-2)13-18;9-8-4-3-6-1-2-7(6)5-8/h5,16,18H,3-4H2,1-2H3,(H,10,13)(H,11,17)(H,12,15);3-5H,1-2H2. The number of hydroxylamine groups is 1. The van der Waals surface area contributed by atoms with Crippen molar-refractivity contribution in [3.63, 3.8) is 0 Å². The van der Waals surface area contributed by atoms with E-state index in [-0.39, 0.29) is 42.2 Å². The summed E-state index contributed by atoms with van der Waals surface area (Å²) < 4.78 is 16.9. The van der Waals surface area contributed by atoms with E-state index in [1.54, 1.807) is 13.0 Å². The Morgan fingerprint density at radius 3 is 2.64 bits per heavy atom. The molecule has 1 aromatic carbocycles. The molecule has 28 heavy (non-hydrogen) atoms. The highest BCUT2D eigenvalue weighted by Gasteiger charge is 2.20. The summed E-state index contributed by atoms with van der Waals surface area (Å²) in [5.74, 6) is -0.219. The molecular formula is C17H23FN6O4. The molecule has 1 amide bonds. The largest absolute Gasteiger partial charge is 0.395 e. The third-order valence-corrected chi connectivity index (χ3v) is 4.03. The monoisotopic (exact) mass is 394 g/mol. The smallest absolute Gasteiger partial charge is 0.242 e. The Balaban J connectivity index is 0.000000255. The second-order valence-corrected chi connectivity index (χ2v) is 5.94. The molecule has 0 saturated heterocycles. The summed E-state index contributed by atoms with van der Waals surface area (Å²) in [4.78, 5) is 15.3. The average Bonchev–Trinajstić information content (AvgIpc) is 3.12. The maximum atomic E-state index is 12.4. The van der Waals surface area contributed by atoms with Gasteiger partial charge in [-0.2, -0.15) is 0 Å². The van der Waals surface area contributed by atoms with E-state index in [1.807, 2.05) is 11.5 Å². The fourth-order valence-corrected chi connectivity index (χ4v) is 2.41. The fraction of sp³-hybridized carbons (Fsp3) is 0.412. The first kappa shape index (κ1) is 21.3. The molecule has 2 aromatic rings. The molecule has 1 unspecified atom stereocenters. The number of hydrogen-bond acceptors (Lipinski definition) is 8. The number of nitrogens with zero attached hydrogens (tertiary/aromatic N) is 3. The van der Waals surface area contributed by atoms with Gasteiger partial charge in [0.2, 0.25) is 11.7 Å². The molecule has 1 atom stereocenters. The number of aliphatic imine (C=N–C) groups is 1. The Morgan fingerprint density at radius 1 is 1.36 bits per heavy atom. The van der Waals surface area contributed by atoms with Gasteiger partial charge >= 0.3 is 0 Å². The number of amides is 1. The van der Waals surface area contributed by atoms with Crippen LogP contribution in [0.2, 0.25) is 0 Å². The van der Waals surface area contributed by atoms with Crippen LogP contribution < -0.4 is 16.1 Å². The van der Waals surface area contributed by atoms with E-state index in [4.69, 9.17) is 10.3 Å². The molecule has 0 radical (unpaired) electrons. The lowest BCUT2D eigenvalue weighted by atomic mass is 9.89. The van der Waals surface area contributed by atoms with E-state index in [0.717, 1.165) is 12.8 Å². The number of carbonyl (C=O) groups is 1. The number of hydrogen-bond donors (Lipinski definition) is 5. The van der Waals surface area contributed by atoms with Gasteiger partial charge in [0.15, 0.2) is 11.5 Å². The molecular weight excluding hydrogens is 371 g/mol. The fourth-order valence-electron chi connectivity index (χ4n) is 2.41. The highest BCUT2D eigenvalue weighted by molar-refractivity contribution is 6.00. The van der Waals surface area contributed by atoms with Gasteiger partial charge in [0, 0.05) is 13.6 Å². The lowest BCUT2D eigenvalue weighted by Crippen LogP contribution is -2.39. The van der Waals surface area contributed by atoms with Crippen LogP contribution in [0.4, 0.5) is 10.2 Å². The first-order chi connectivity index (χ1) is 13.5. The maximum absolute atomic E-state index is 12.4. The third-order valence-electron chi connectivity index (χ3n) is 4.03. The minimum atomic E-state index is -0.631. The van der Waals surface area contributed by atoms with Gasteiger partial charge in [-0.25, -0.2) is 9.02 Å². The molecule has 3 rings (SSSR count). The molecule has 0 bridgehead atoms. The molecule has 0 spiro atoms. The topological polar surface area (TPSA) is 145 Å². The maximum Gasteiger partial charge on any atom is 0.242 e. The number of nitrogens with one attached hydrogen (secondary N) is 3. The van der Waals surface area contributed by atoms with Gasteiger partial charge in [-0.05, 0) is 53.3 Å². The number of fused-ring (bicyclic) bond motifs is 1. The van der Waals surface area contributed by atoms with Crippen LogP contribution in [-0.4, -0.2) is 58.6 Å². The van der Waals surface area contributed by atoms with Gasteiger partial charge in [0.05, 0.1) is 6.61 Å². The van der Waals surface area contributed by atoms with Gasteiger partial charge < -0.3 is 15.7 Å².